The molecule has 0 aliphatic carbocycles. The summed E-state index contributed by atoms with van der Waals surface area (Å²) in [5.74, 6) is 1.83. The molecule has 3 heteroatoms. The molecule has 0 N–H and O–H groups in total. The molecule has 0 aromatic rings. The van der Waals surface area contributed by atoms with Crippen LogP contribution in [0.3, 0.4) is 0 Å². The molecule has 0 aromatic carbocycles. The zero-order chi connectivity index (χ0) is 8.69. The minimum atomic E-state index is 0.0856. The molecule has 0 atom stereocenters. The lowest BCUT2D eigenvalue weighted by molar-refractivity contribution is -0.114. The maximum atomic E-state index is 10.9. The first-order valence-electron chi connectivity index (χ1n) is 3.50. The van der Waals surface area contributed by atoms with Crippen molar-refractivity contribution >= 4 is 29.0 Å². The Morgan fingerprint density at radius 1 is 1.64 bits per heavy atom. The molecule has 0 aliphatic rings. The maximum absolute atomic E-state index is 10.9. The molecule has 59 valence electrons. The van der Waals surface area contributed by atoms with Crippen molar-refractivity contribution in [3.63, 3.8) is 0 Å². The summed E-state index contributed by atoms with van der Waals surface area (Å²) in [5, 5.41) is 0. The van der Waals surface area contributed by atoms with Crippen LogP contribution in [0.5, 0.6) is 0 Å². The molecule has 0 bridgehead atoms. The summed E-state index contributed by atoms with van der Waals surface area (Å²) < 4.78 is 0.469. The van der Waals surface area contributed by atoms with Crippen molar-refractivity contribution in [3.8, 4) is 0 Å². The Morgan fingerprint density at radius 3 is 2.73 bits per heavy atom. The van der Waals surface area contributed by atoms with Gasteiger partial charge < -0.3 is 0 Å². The van der Waals surface area contributed by atoms with Gasteiger partial charge in [0.1, 0.15) is 7.28 Å². The maximum Gasteiger partial charge on any atom is 0.169 e. The van der Waals surface area contributed by atoms with E-state index in [0.717, 1.165) is 12.7 Å². The van der Waals surface area contributed by atoms with Crippen LogP contribution in [0.4, 0.5) is 0 Å². The van der Waals surface area contributed by atoms with Crippen LogP contribution in [0, 0.1) is 0 Å². The van der Waals surface area contributed by atoms with Crippen molar-refractivity contribution in [2.75, 3.05) is 0 Å². The van der Waals surface area contributed by atoms with E-state index < -0.39 is 0 Å². The summed E-state index contributed by atoms with van der Waals surface area (Å²) in [7, 11) is 1.95. The minimum absolute atomic E-state index is 0.0856. The van der Waals surface area contributed by atoms with E-state index in [1.165, 1.54) is 0 Å². The normalized spacial score (nSPS) is 8.82. The summed E-state index contributed by atoms with van der Waals surface area (Å²) in [6.07, 6.45) is 2.35. The van der Waals surface area contributed by atoms with Crippen molar-refractivity contribution in [2.24, 2.45) is 0 Å². The number of ketones is 1. The Morgan fingerprint density at radius 2 is 2.27 bits per heavy atom. The highest BCUT2D eigenvalue weighted by atomic mass is 79.9. The molecule has 11 heavy (non-hydrogen) atoms. The van der Waals surface area contributed by atoms with Crippen LogP contribution in [0.25, 0.3) is 0 Å². The molecular weight excluding hydrogens is 203 g/mol. The summed E-state index contributed by atoms with van der Waals surface area (Å²) in [4.78, 5) is 10.9. The number of Topliss-reactive ketones (excluding diaryl/α,β-unsaturated/α-hetero) is 1. The third kappa shape index (κ3) is 6.11. The molecule has 0 aliphatic heterocycles. The Hall–Kier alpha value is -0.305. The van der Waals surface area contributed by atoms with E-state index in [-0.39, 0.29) is 5.78 Å². The first-order chi connectivity index (χ1) is 5.18. The zero-order valence-electron chi connectivity index (χ0n) is 6.48. The van der Waals surface area contributed by atoms with Crippen LogP contribution in [0.15, 0.2) is 23.6 Å². The van der Waals surface area contributed by atoms with Gasteiger partial charge in [0.25, 0.3) is 0 Å². The van der Waals surface area contributed by atoms with E-state index in [1.54, 1.807) is 5.98 Å². The van der Waals surface area contributed by atoms with Gasteiger partial charge in [-0.15, -0.1) is 12.6 Å². The molecule has 1 nitrogen and oxygen atoms in total. The quantitative estimate of drug-likeness (QED) is 0.377. The number of rotatable bonds is 6. The monoisotopic (exact) mass is 213 g/mol. The number of hydrogen-bond acceptors (Lipinski definition) is 1. The van der Waals surface area contributed by atoms with Gasteiger partial charge in [0, 0.05) is 6.42 Å². The summed E-state index contributed by atoms with van der Waals surface area (Å²) >= 11 is 3.03. The van der Waals surface area contributed by atoms with Gasteiger partial charge in [0.05, 0.1) is 4.48 Å². The lowest BCUT2D eigenvalue weighted by Crippen LogP contribution is -1.96. The fraction of sp³-hybridized carbons (Fsp3) is 0.375. The van der Waals surface area contributed by atoms with Crippen molar-refractivity contribution < 1.29 is 4.79 Å². The third-order valence-corrected chi connectivity index (χ3v) is 1.69. The van der Waals surface area contributed by atoms with Gasteiger partial charge in [0.2, 0.25) is 0 Å². The van der Waals surface area contributed by atoms with Gasteiger partial charge in [-0.05, 0) is 15.9 Å². The highest BCUT2D eigenvalue weighted by Gasteiger charge is 2.01. The van der Waals surface area contributed by atoms with Crippen LogP contribution >= 0.6 is 15.9 Å². The second-order valence-corrected chi connectivity index (χ2v) is 3.15. The molecule has 0 amide bonds. The van der Waals surface area contributed by atoms with Gasteiger partial charge >= 0.3 is 0 Å². The largest absolute Gasteiger partial charge is 0.294 e. The molecule has 0 spiro atoms. The van der Waals surface area contributed by atoms with Crippen LogP contribution in [-0.2, 0) is 4.79 Å². The lowest BCUT2D eigenvalue weighted by Gasteiger charge is -1.95. The fourth-order valence-electron chi connectivity index (χ4n) is 0.634. The summed E-state index contributed by atoms with van der Waals surface area (Å²) in [5.41, 5.74) is 0. The van der Waals surface area contributed by atoms with Crippen molar-refractivity contribution in [2.45, 2.75) is 19.2 Å². The second kappa shape index (κ2) is 6.41. The predicted molar refractivity (Wildman–Crippen MR) is 53.1 cm³/mol. The molecule has 0 unspecified atom stereocenters. The highest BCUT2D eigenvalue weighted by molar-refractivity contribution is 9.12. The first kappa shape index (κ1) is 10.7. The van der Waals surface area contributed by atoms with Crippen molar-refractivity contribution in [1.82, 2.24) is 0 Å². The zero-order valence-corrected chi connectivity index (χ0v) is 8.06. The van der Waals surface area contributed by atoms with E-state index in [0.29, 0.717) is 10.9 Å². The van der Waals surface area contributed by atoms with Gasteiger partial charge in [-0.25, -0.2) is 0 Å². The second-order valence-electron chi connectivity index (χ2n) is 2.19. The molecule has 0 aromatic heterocycles. The lowest BCUT2D eigenvalue weighted by atomic mass is 9.73. The average molecular weight is 214 g/mol. The van der Waals surface area contributed by atoms with E-state index in [9.17, 15) is 4.79 Å². The predicted octanol–water partition coefficient (Wildman–Crippen LogP) is 2.51. The number of hydrogen-bond donors (Lipinski definition) is 0. The Balaban J connectivity index is 3.31. The van der Waals surface area contributed by atoms with Crippen LogP contribution in [0.1, 0.15) is 12.8 Å². The average Bonchev–Trinajstić information content (AvgIpc) is 1.97. The van der Waals surface area contributed by atoms with Crippen LogP contribution < -0.4 is 0 Å². The topological polar surface area (TPSA) is 17.1 Å². The Labute approximate surface area is 76.9 Å². The van der Waals surface area contributed by atoms with Gasteiger partial charge in [0.15, 0.2) is 5.78 Å². The number of carbonyl (C=O) groups excluding carboxylic acids is 1. The van der Waals surface area contributed by atoms with Gasteiger partial charge in [-0.3, -0.25) is 4.79 Å². The SMILES string of the molecule is C=C[B]CCCC(=O)C(=C)Br. The van der Waals surface area contributed by atoms with Crippen LogP contribution in [-0.4, -0.2) is 13.1 Å². The van der Waals surface area contributed by atoms with Crippen LogP contribution in [0.2, 0.25) is 6.32 Å². The molecule has 0 rings (SSSR count). The Bertz CT molecular complexity index is 165. The van der Waals surface area contributed by atoms with E-state index in [4.69, 9.17) is 0 Å². The van der Waals surface area contributed by atoms with Gasteiger partial charge in [-0.1, -0.05) is 19.3 Å². The third-order valence-electron chi connectivity index (χ3n) is 1.24. The van der Waals surface area contributed by atoms with E-state index in [2.05, 4.69) is 29.1 Å². The minimum Gasteiger partial charge on any atom is -0.294 e. The number of halogens is 1. The summed E-state index contributed by atoms with van der Waals surface area (Å²) in [6.45, 7) is 7.04. The number of carbonyl (C=O) groups is 1. The Kier molecular flexibility index (Phi) is 6.23. The first-order valence-corrected chi connectivity index (χ1v) is 4.29. The molecule has 0 fully saturated rings. The molecule has 0 saturated carbocycles. The van der Waals surface area contributed by atoms with Crippen molar-refractivity contribution in [1.29, 1.82) is 0 Å². The molecule has 0 saturated heterocycles. The molecule has 1 radical (unpaired) electrons. The van der Waals surface area contributed by atoms with E-state index >= 15 is 0 Å². The van der Waals surface area contributed by atoms with E-state index in [1.807, 2.05) is 7.28 Å². The summed E-state index contributed by atoms with van der Waals surface area (Å²) in [6, 6.07) is 0. The smallest absolute Gasteiger partial charge is 0.169 e. The highest BCUT2D eigenvalue weighted by Crippen LogP contribution is 2.08. The molecular formula is C8H11BBrO. The molecule has 0 heterocycles. The van der Waals surface area contributed by atoms with Crippen molar-refractivity contribution in [3.05, 3.63) is 23.6 Å². The standard InChI is InChI=1S/C8H11BBrO/c1-3-9-6-4-5-8(11)7(2)10/h3H,1-2,4-6H2. The fourth-order valence-corrected chi connectivity index (χ4v) is 0.832. The number of allylic oxidation sites excluding steroid dienone is 1. The van der Waals surface area contributed by atoms with Gasteiger partial charge in [-0.2, -0.15) is 0 Å².